The molecule has 2 nitrogen and oxygen atoms in total. The summed E-state index contributed by atoms with van der Waals surface area (Å²) in [6.45, 7) is 2.81. The lowest BCUT2D eigenvalue weighted by Crippen LogP contribution is -2.18. The smallest absolute Gasteiger partial charge is 0.120 e. The maximum absolute atomic E-state index is 6.22. The van der Waals surface area contributed by atoms with E-state index in [9.17, 15) is 0 Å². The summed E-state index contributed by atoms with van der Waals surface area (Å²) in [5, 5.41) is 4.90. The van der Waals surface area contributed by atoms with Crippen LogP contribution in [0.1, 0.15) is 24.1 Å². The van der Waals surface area contributed by atoms with Gasteiger partial charge in [-0.1, -0.05) is 41.4 Å². The van der Waals surface area contributed by atoms with Crippen molar-refractivity contribution in [3.05, 3.63) is 63.6 Å². The molecule has 0 aliphatic heterocycles. The predicted octanol–water partition coefficient (Wildman–Crippen LogP) is 4.85. The van der Waals surface area contributed by atoms with Crippen LogP contribution in [0.15, 0.2) is 42.5 Å². The van der Waals surface area contributed by atoms with Crippen LogP contribution in [0.25, 0.3) is 0 Å². The summed E-state index contributed by atoms with van der Waals surface area (Å²) in [7, 11) is 1.63. The van der Waals surface area contributed by atoms with E-state index in [0.717, 1.165) is 16.3 Å². The topological polar surface area (TPSA) is 21.3 Å². The maximum atomic E-state index is 6.22. The van der Waals surface area contributed by atoms with Crippen molar-refractivity contribution in [1.29, 1.82) is 0 Å². The first-order chi connectivity index (χ1) is 9.60. The summed E-state index contributed by atoms with van der Waals surface area (Å²) in [6.07, 6.45) is 0. The van der Waals surface area contributed by atoms with Gasteiger partial charge in [0.2, 0.25) is 0 Å². The lowest BCUT2D eigenvalue weighted by molar-refractivity contribution is 0.414. The van der Waals surface area contributed by atoms with E-state index in [-0.39, 0.29) is 6.04 Å². The third-order valence-electron chi connectivity index (χ3n) is 3.23. The highest BCUT2D eigenvalue weighted by molar-refractivity contribution is 6.31. The van der Waals surface area contributed by atoms with E-state index in [2.05, 4.69) is 12.2 Å². The van der Waals surface area contributed by atoms with Gasteiger partial charge in [0.15, 0.2) is 0 Å². The molecule has 0 spiro atoms. The third kappa shape index (κ3) is 3.89. The molecule has 20 heavy (non-hydrogen) atoms. The third-order valence-corrected chi connectivity index (χ3v) is 3.83. The molecule has 0 fully saturated rings. The second-order valence-electron chi connectivity index (χ2n) is 4.61. The van der Waals surface area contributed by atoms with E-state index in [1.165, 1.54) is 5.56 Å². The number of rotatable bonds is 5. The largest absolute Gasteiger partial charge is 0.497 e. The van der Waals surface area contributed by atoms with Crippen molar-refractivity contribution in [3.63, 3.8) is 0 Å². The molecule has 0 bridgehead atoms. The van der Waals surface area contributed by atoms with E-state index in [0.29, 0.717) is 11.6 Å². The Morgan fingerprint density at radius 2 is 1.80 bits per heavy atom. The molecular weight excluding hydrogens is 293 g/mol. The Morgan fingerprint density at radius 1 is 1.10 bits per heavy atom. The lowest BCUT2D eigenvalue weighted by atomic mass is 10.1. The SMILES string of the molecule is COc1ccc(CNC(C)c2ccc(Cl)cc2)c(Cl)c1. The van der Waals surface area contributed by atoms with Gasteiger partial charge in [-0.3, -0.25) is 0 Å². The van der Waals surface area contributed by atoms with Crippen LogP contribution in [-0.4, -0.2) is 7.11 Å². The predicted molar refractivity (Wildman–Crippen MR) is 84.7 cm³/mol. The van der Waals surface area contributed by atoms with Gasteiger partial charge in [-0.25, -0.2) is 0 Å². The average molecular weight is 310 g/mol. The maximum Gasteiger partial charge on any atom is 0.120 e. The summed E-state index contributed by atoms with van der Waals surface area (Å²) in [6, 6.07) is 13.8. The Morgan fingerprint density at radius 3 is 2.40 bits per heavy atom. The average Bonchev–Trinajstić information content (AvgIpc) is 2.46. The van der Waals surface area contributed by atoms with Crippen LogP contribution in [0.2, 0.25) is 10.0 Å². The summed E-state index contributed by atoms with van der Waals surface area (Å²) in [4.78, 5) is 0. The minimum Gasteiger partial charge on any atom is -0.497 e. The normalized spacial score (nSPS) is 12.2. The molecule has 1 N–H and O–H groups in total. The van der Waals surface area contributed by atoms with Crippen molar-refractivity contribution in [2.24, 2.45) is 0 Å². The number of hydrogen-bond donors (Lipinski definition) is 1. The van der Waals surface area contributed by atoms with E-state index in [1.54, 1.807) is 7.11 Å². The molecule has 2 aromatic carbocycles. The summed E-state index contributed by atoms with van der Waals surface area (Å²) < 4.78 is 5.14. The van der Waals surface area contributed by atoms with E-state index in [4.69, 9.17) is 27.9 Å². The fraction of sp³-hybridized carbons (Fsp3) is 0.250. The Balaban J connectivity index is 1.99. The molecule has 2 aromatic rings. The zero-order valence-electron chi connectivity index (χ0n) is 11.5. The molecule has 0 aliphatic rings. The Hall–Kier alpha value is -1.22. The highest BCUT2D eigenvalue weighted by Gasteiger charge is 2.07. The number of ether oxygens (including phenoxy) is 1. The molecule has 0 saturated heterocycles. The standard InChI is InChI=1S/C16H17Cl2NO/c1-11(12-3-6-14(17)7-4-12)19-10-13-5-8-15(20-2)9-16(13)18/h3-9,11,19H,10H2,1-2H3. The Bertz CT molecular complexity index is 569. The lowest BCUT2D eigenvalue weighted by Gasteiger charge is -2.15. The molecule has 0 saturated carbocycles. The molecular formula is C16H17Cl2NO. The number of halogens is 2. The van der Waals surface area contributed by atoms with Gasteiger partial charge in [0.1, 0.15) is 5.75 Å². The van der Waals surface area contributed by atoms with Crippen molar-refractivity contribution >= 4 is 23.2 Å². The van der Waals surface area contributed by atoms with Crippen LogP contribution in [0.4, 0.5) is 0 Å². The second-order valence-corrected chi connectivity index (χ2v) is 5.46. The fourth-order valence-electron chi connectivity index (χ4n) is 1.93. The molecule has 0 aliphatic carbocycles. The minimum absolute atomic E-state index is 0.227. The highest BCUT2D eigenvalue weighted by Crippen LogP contribution is 2.23. The number of hydrogen-bond acceptors (Lipinski definition) is 2. The van der Waals surface area contributed by atoms with Crippen molar-refractivity contribution in [3.8, 4) is 5.75 Å². The molecule has 0 amide bonds. The molecule has 4 heteroatoms. The van der Waals surface area contributed by atoms with E-state index in [1.807, 2.05) is 42.5 Å². The van der Waals surface area contributed by atoms with Crippen LogP contribution < -0.4 is 10.1 Å². The van der Waals surface area contributed by atoms with Crippen LogP contribution in [0.3, 0.4) is 0 Å². The molecule has 106 valence electrons. The van der Waals surface area contributed by atoms with E-state index >= 15 is 0 Å². The second kappa shape index (κ2) is 6.98. The van der Waals surface area contributed by atoms with Gasteiger partial charge in [-0.2, -0.15) is 0 Å². The Labute approximate surface area is 129 Å². The van der Waals surface area contributed by atoms with Crippen molar-refractivity contribution in [2.75, 3.05) is 7.11 Å². The molecule has 2 rings (SSSR count). The first-order valence-corrected chi connectivity index (χ1v) is 7.17. The van der Waals surface area contributed by atoms with Crippen LogP contribution in [0.5, 0.6) is 5.75 Å². The fourth-order valence-corrected chi connectivity index (χ4v) is 2.29. The van der Waals surface area contributed by atoms with Gasteiger partial charge >= 0.3 is 0 Å². The van der Waals surface area contributed by atoms with Crippen LogP contribution >= 0.6 is 23.2 Å². The number of nitrogens with one attached hydrogen (secondary N) is 1. The van der Waals surface area contributed by atoms with Crippen molar-refractivity contribution in [1.82, 2.24) is 5.32 Å². The molecule has 1 atom stereocenters. The van der Waals surface area contributed by atoms with Crippen LogP contribution in [-0.2, 0) is 6.54 Å². The zero-order chi connectivity index (χ0) is 14.5. The van der Waals surface area contributed by atoms with Crippen LogP contribution in [0, 0.1) is 0 Å². The van der Waals surface area contributed by atoms with Crippen molar-refractivity contribution < 1.29 is 4.74 Å². The van der Waals surface area contributed by atoms with Gasteiger partial charge in [-0.05, 0) is 42.3 Å². The first-order valence-electron chi connectivity index (χ1n) is 6.41. The summed E-state index contributed by atoms with van der Waals surface area (Å²) in [5.41, 5.74) is 2.24. The molecule has 1 unspecified atom stereocenters. The quantitative estimate of drug-likeness (QED) is 0.852. The Kier molecular flexibility index (Phi) is 5.30. The van der Waals surface area contributed by atoms with Gasteiger partial charge < -0.3 is 10.1 Å². The summed E-state index contributed by atoms with van der Waals surface area (Å²) >= 11 is 12.1. The minimum atomic E-state index is 0.227. The molecule has 0 radical (unpaired) electrons. The number of methoxy groups -OCH3 is 1. The number of benzene rings is 2. The van der Waals surface area contributed by atoms with Gasteiger partial charge in [0.05, 0.1) is 7.11 Å². The molecule has 0 aromatic heterocycles. The zero-order valence-corrected chi connectivity index (χ0v) is 13.0. The monoisotopic (exact) mass is 309 g/mol. The summed E-state index contributed by atoms with van der Waals surface area (Å²) in [5.74, 6) is 0.768. The molecule has 0 heterocycles. The first kappa shape index (κ1) is 15.2. The van der Waals surface area contributed by atoms with E-state index < -0.39 is 0 Å². The van der Waals surface area contributed by atoms with Gasteiger partial charge in [0.25, 0.3) is 0 Å². The highest BCUT2D eigenvalue weighted by atomic mass is 35.5. The van der Waals surface area contributed by atoms with Gasteiger partial charge in [-0.15, -0.1) is 0 Å². The van der Waals surface area contributed by atoms with Gasteiger partial charge in [0, 0.05) is 22.6 Å². The van der Waals surface area contributed by atoms with Crippen molar-refractivity contribution in [2.45, 2.75) is 19.5 Å².